The van der Waals surface area contributed by atoms with Crippen LogP contribution in [0.5, 0.6) is 0 Å². The van der Waals surface area contributed by atoms with Crippen LogP contribution in [-0.2, 0) is 52.5 Å². The van der Waals surface area contributed by atoms with Gasteiger partial charge >= 0.3 is 60.7 Å². The van der Waals surface area contributed by atoms with Gasteiger partial charge in [-0.05, 0) is 0 Å². The third kappa shape index (κ3) is 13.0. The van der Waals surface area contributed by atoms with Gasteiger partial charge in [-0.25, -0.2) is 24.0 Å². The lowest BCUT2D eigenvalue weighted by Gasteiger charge is -2.35. The molecule has 0 bridgehead atoms. The molecule has 0 amide bonds. The molecular weight excluding hydrogens is 679 g/mol. The van der Waals surface area contributed by atoms with Crippen LogP contribution in [0.3, 0.4) is 0 Å². The van der Waals surface area contributed by atoms with Crippen molar-refractivity contribution < 1.29 is 118 Å². The van der Waals surface area contributed by atoms with Gasteiger partial charge in [-0.15, -0.1) is 0 Å². The number of ether oxygens (including phenoxy) is 5. The maximum atomic E-state index is 12.9. The van der Waals surface area contributed by atoms with E-state index in [4.69, 9.17) is 0 Å². The highest BCUT2D eigenvalue weighted by molar-refractivity contribution is 5.81. The number of esters is 5. The quantitative estimate of drug-likeness (QED) is 0.104. The molecule has 0 spiro atoms. The highest BCUT2D eigenvalue weighted by Crippen LogP contribution is 2.29. The molecule has 27 heteroatoms. The lowest BCUT2D eigenvalue weighted by atomic mass is 10.0. The van der Waals surface area contributed by atoms with Gasteiger partial charge < -0.3 is 28.5 Å². The van der Waals surface area contributed by atoms with Gasteiger partial charge in [0.1, 0.15) is 13.7 Å². The van der Waals surface area contributed by atoms with Gasteiger partial charge in [0.15, 0.2) is 24.4 Å². The fraction of sp³-hybridized carbons (Fsp3) is 0.647. The van der Waals surface area contributed by atoms with Gasteiger partial charge in [0.25, 0.3) is 0 Å². The second kappa shape index (κ2) is 14.5. The Labute approximate surface area is 229 Å². The predicted octanol–water partition coefficient (Wildman–Crippen LogP) is 2.62. The van der Waals surface area contributed by atoms with E-state index in [2.05, 4.69) is 33.7 Å². The van der Waals surface area contributed by atoms with E-state index < -0.39 is 98.0 Å². The van der Waals surface area contributed by atoms with E-state index in [1.54, 1.807) is 0 Å². The van der Waals surface area contributed by atoms with Crippen LogP contribution < -0.4 is 0 Å². The molecule has 0 aromatic carbocycles. The number of carbonyl (C=O) groups excluding carboxylic acids is 5. The highest BCUT2D eigenvalue weighted by atomic mass is 19.4. The number of rotatable bonds is 11. The van der Waals surface area contributed by atoms with Crippen molar-refractivity contribution >= 4 is 36.1 Å². The molecule has 0 aliphatic rings. The third-order valence-electron chi connectivity index (χ3n) is 3.85. The van der Waals surface area contributed by atoms with Crippen molar-refractivity contribution in [2.24, 2.45) is 5.16 Å². The summed E-state index contributed by atoms with van der Waals surface area (Å²) in [5.74, 6) is -18.2. The summed E-state index contributed by atoms with van der Waals surface area (Å²) < 4.78 is 209. The van der Waals surface area contributed by atoms with Crippen molar-refractivity contribution in [2.45, 2.75) is 55.3 Å². The molecule has 12 nitrogen and oxygen atoms in total. The molecule has 0 aliphatic carbocycles. The van der Waals surface area contributed by atoms with Crippen molar-refractivity contribution in [1.29, 1.82) is 0 Å². The molecule has 0 aromatic rings. The van der Waals surface area contributed by atoms with Crippen LogP contribution in [0.15, 0.2) is 5.16 Å². The highest BCUT2D eigenvalue weighted by Gasteiger charge is 2.55. The molecule has 0 heterocycles. The first-order valence-electron chi connectivity index (χ1n) is 9.95. The van der Waals surface area contributed by atoms with Crippen molar-refractivity contribution in [1.82, 2.24) is 0 Å². The molecule has 0 aromatic heterocycles. The first-order chi connectivity index (χ1) is 19.5. The summed E-state index contributed by atoms with van der Waals surface area (Å²) in [5, 5.41) is 2.55. The Morgan fingerprint density at radius 2 is 0.886 bits per heavy atom. The monoisotopic (exact) mass is 689 g/mol. The maximum Gasteiger partial charge on any atom is 0.490 e. The summed E-state index contributed by atoms with van der Waals surface area (Å²) in [6.07, 6.45) is -47.4. The Hall–Kier alpha value is -4.23. The van der Waals surface area contributed by atoms with Gasteiger partial charge in [0, 0.05) is 0 Å². The summed E-state index contributed by atoms with van der Waals surface area (Å²) >= 11 is 0. The molecule has 0 fully saturated rings. The van der Waals surface area contributed by atoms with Gasteiger partial charge in [-0.2, -0.15) is 65.9 Å². The topological polar surface area (TPSA) is 153 Å². The normalized spacial score (nSPS) is 15.8. The summed E-state index contributed by atoms with van der Waals surface area (Å²) in [7, 11) is 0.474. The van der Waals surface area contributed by atoms with Crippen LogP contribution in [0.25, 0.3) is 0 Å². The third-order valence-corrected chi connectivity index (χ3v) is 3.85. The van der Waals surface area contributed by atoms with Gasteiger partial charge in [0.05, 0.1) is 6.21 Å². The first kappa shape index (κ1) is 39.8. The molecular formula is C17H10F15NO11. The molecule has 0 aliphatic heterocycles. The van der Waals surface area contributed by atoms with Crippen molar-refractivity contribution in [3.8, 4) is 0 Å². The Morgan fingerprint density at radius 3 is 1.25 bits per heavy atom. The lowest BCUT2D eigenvalue weighted by Crippen LogP contribution is -2.56. The standard InChI is InChI=1S/C17H10F15NO11/c1-39-33-2-4(41-9(35)14(21,22)23)6(43-11(37)16(27,28)29)7(44-12(38)17(30,31)32)5(42-10(36)15(24,25)26)3-40-8(34)13(18,19)20/h2,4-7H,3H2,1H3. The van der Waals surface area contributed by atoms with E-state index in [0.717, 1.165) is 0 Å². The van der Waals surface area contributed by atoms with Crippen molar-refractivity contribution in [3.05, 3.63) is 0 Å². The summed E-state index contributed by atoms with van der Waals surface area (Å²) in [6, 6.07) is 0. The zero-order chi connectivity index (χ0) is 35.1. The number of hydrogen-bond donors (Lipinski definition) is 0. The fourth-order valence-corrected chi connectivity index (χ4v) is 2.19. The number of nitrogens with zero attached hydrogens (tertiary/aromatic N) is 1. The largest absolute Gasteiger partial charge is 0.490 e. The molecule has 0 saturated carbocycles. The fourth-order valence-electron chi connectivity index (χ4n) is 2.19. The summed E-state index contributed by atoms with van der Waals surface area (Å²) in [4.78, 5) is 60.4. The first-order valence-corrected chi connectivity index (χ1v) is 9.95. The SMILES string of the molecule is CON=CC(OC(=O)C(F)(F)F)C(OC(=O)C(F)(F)F)C(OC(=O)C(F)(F)F)C(COC(=O)C(F)(F)F)OC(=O)C(F)(F)F. The second-order valence-corrected chi connectivity index (χ2v) is 7.08. The van der Waals surface area contributed by atoms with Crippen molar-refractivity contribution in [2.75, 3.05) is 13.7 Å². The van der Waals surface area contributed by atoms with E-state index >= 15 is 0 Å². The van der Waals surface area contributed by atoms with Crippen LogP contribution in [0.1, 0.15) is 0 Å². The molecule has 0 saturated heterocycles. The van der Waals surface area contributed by atoms with Crippen molar-refractivity contribution in [3.63, 3.8) is 0 Å². The number of carbonyl (C=O) groups is 5. The van der Waals surface area contributed by atoms with E-state index in [-0.39, 0.29) is 0 Å². The van der Waals surface area contributed by atoms with E-state index in [1.165, 1.54) is 0 Å². The molecule has 4 atom stereocenters. The Morgan fingerprint density at radius 1 is 0.545 bits per heavy atom. The maximum absolute atomic E-state index is 12.9. The van der Waals surface area contributed by atoms with E-state index in [0.29, 0.717) is 7.11 Å². The van der Waals surface area contributed by atoms with Crippen LogP contribution >= 0.6 is 0 Å². The Balaban J connectivity index is 7.51. The number of hydrogen-bond acceptors (Lipinski definition) is 12. The minimum Gasteiger partial charge on any atom is -0.455 e. The Kier molecular flexibility index (Phi) is 13.1. The van der Waals surface area contributed by atoms with Crippen LogP contribution in [0, 0.1) is 0 Å². The smallest absolute Gasteiger partial charge is 0.455 e. The average molecular weight is 689 g/mol. The van der Waals surface area contributed by atoms with E-state index in [9.17, 15) is 89.8 Å². The van der Waals surface area contributed by atoms with Gasteiger partial charge in [-0.1, -0.05) is 5.16 Å². The lowest BCUT2D eigenvalue weighted by molar-refractivity contribution is -0.247. The number of alkyl halides is 15. The minimum atomic E-state index is -6.38. The van der Waals surface area contributed by atoms with Gasteiger partial charge in [-0.3, -0.25) is 0 Å². The zero-order valence-corrected chi connectivity index (χ0v) is 20.2. The molecule has 44 heavy (non-hydrogen) atoms. The molecule has 4 unspecified atom stereocenters. The van der Waals surface area contributed by atoms with Crippen LogP contribution in [0.4, 0.5) is 65.9 Å². The van der Waals surface area contributed by atoms with Crippen LogP contribution in [0.2, 0.25) is 0 Å². The Bertz CT molecular complexity index is 1080. The summed E-state index contributed by atoms with van der Waals surface area (Å²) in [6.45, 7) is -2.67. The molecule has 0 radical (unpaired) electrons. The molecule has 254 valence electrons. The van der Waals surface area contributed by atoms with E-state index in [1.807, 2.05) is 0 Å². The minimum absolute atomic E-state index is 0.474. The predicted molar refractivity (Wildman–Crippen MR) is 96.3 cm³/mol. The second-order valence-electron chi connectivity index (χ2n) is 7.08. The van der Waals surface area contributed by atoms with Gasteiger partial charge in [0.2, 0.25) is 0 Å². The van der Waals surface area contributed by atoms with Crippen LogP contribution in [-0.4, -0.2) is 105 Å². The number of oxime groups is 1. The zero-order valence-electron chi connectivity index (χ0n) is 20.2. The molecule has 0 rings (SSSR count). The molecule has 0 N–H and O–H groups in total. The summed E-state index contributed by atoms with van der Waals surface area (Å²) in [5.41, 5.74) is 0. The average Bonchev–Trinajstić information content (AvgIpc) is 2.82. The number of halogens is 15.